The molecular formula is C24H49NO. The van der Waals surface area contributed by atoms with E-state index in [4.69, 9.17) is 0 Å². The van der Waals surface area contributed by atoms with Crippen LogP contribution in [0.2, 0.25) is 0 Å². The van der Waals surface area contributed by atoms with Crippen molar-refractivity contribution in [1.29, 1.82) is 0 Å². The number of hydrogen-bond donors (Lipinski definition) is 1. The van der Waals surface area contributed by atoms with Gasteiger partial charge in [-0.05, 0) is 37.8 Å². The molecule has 26 heavy (non-hydrogen) atoms. The van der Waals surface area contributed by atoms with E-state index in [1.54, 1.807) is 0 Å². The Bertz CT molecular complexity index is 311. The average Bonchev–Trinajstić information content (AvgIpc) is 2.61. The zero-order valence-electron chi connectivity index (χ0n) is 18.6. The first kappa shape index (κ1) is 25.6. The number of Topliss-reactive ketones (excluding diaryl/α,β-unsaturated/α-hetero) is 1. The molecule has 0 heterocycles. The standard InChI is InChI=1S/C24H49NO/c1-5-7-8-9-10-11-12-13-14-17-20-25-21-18-15-16-19-23(26)22-24(3,4)6-2/h25H,5-22H2,1-4H3. The first-order chi connectivity index (χ1) is 12.5. The first-order valence-corrected chi connectivity index (χ1v) is 11.7. The van der Waals surface area contributed by atoms with Gasteiger partial charge in [-0.25, -0.2) is 0 Å². The molecule has 2 nitrogen and oxygen atoms in total. The van der Waals surface area contributed by atoms with Crippen molar-refractivity contribution in [3.63, 3.8) is 0 Å². The van der Waals surface area contributed by atoms with Gasteiger partial charge in [-0.2, -0.15) is 0 Å². The Morgan fingerprint density at radius 3 is 1.65 bits per heavy atom. The van der Waals surface area contributed by atoms with E-state index >= 15 is 0 Å². The van der Waals surface area contributed by atoms with Crippen molar-refractivity contribution in [2.75, 3.05) is 13.1 Å². The molecule has 1 N–H and O–H groups in total. The maximum atomic E-state index is 11.9. The van der Waals surface area contributed by atoms with Gasteiger partial charge in [0.25, 0.3) is 0 Å². The van der Waals surface area contributed by atoms with Gasteiger partial charge in [0.15, 0.2) is 0 Å². The van der Waals surface area contributed by atoms with Crippen LogP contribution in [0.15, 0.2) is 0 Å². The number of ketones is 1. The molecule has 0 aliphatic heterocycles. The SMILES string of the molecule is CCCCCCCCCCCCNCCCCCC(=O)CC(C)(C)CC. The molecule has 0 aromatic heterocycles. The van der Waals surface area contributed by atoms with Crippen LogP contribution in [0, 0.1) is 5.41 Å². The quantitative estimate of drug-likeness (QED) is 0.226. The minimum absolute atomic E-state index is 0.188. The summed E-state index contributed by atoms with van der Waals surface area (Å²) in [6.45, 7) is 11.1. The molecule has 0 radical (unpaired) electrons. The highest BCUT2D eigenvalue weighted by atomic mass is 16.1. The second-order valence-corrected chi connectivity index (χ2v) is 8.98. The minimum atomic E-state index is 0.188. The van der Waals surface area contributed by atoms with Gasteiger partial charge in [0, 0.05) is 12.8 Å². The highest BCUT2D eigenvalue weighted by molar-refractivity contribution is 5.78. The van der Waals surface area contributed by atoms with E-state index in [0.717, 1.165) is 32.2 Å². The van der Waals surface area contributed by atoms with Crippen LogP contribution in [0.1, 0.15) is 130 Å². The van der Waals surface area contributed by atoms with Gasteiger partial charge in [0.05, 0.1) is 0 Å². The minimum Gasteiger partial charge on any atom is -0.317 e. The molecule has 0 amide bonds. The monoisotopic (exact) mass is 367 g/mol. The van der Waals surface area contributed by atoms with Gasteiger partial charge in [-0.3, -0.25) is 4.79 Å². The summed E-state index contributed by atoms with van der Waals surface area (Å²) < 4.78 is 0. The fraction of sp³-hybridized carbons (Fsp3) is 0.958. The Morgan fingerprint density at radius 2 is 1.15 bits per heavy atom. The Kier molecular flexibility index (Phi) is 17.8. The summed E-state index contributed by atoms with van der Waals surface area (Å²) in [5.41, 5.74) is 0.188. The molecule has 0 aliphatic rings. The molecule has 0 unspecified atom stereocenters. The molecule has 0 rings (SSSR count). The lowest BCUT2D eigenvalue weighted by Crippen LogP contribution is -2.17. The van der Waals surface area contributed by atoms with Crippen molar-refractivity contribution in [3.05, 3.63) is 0 Å². The largest absolute Gasteiger partial charge is 0.317 e. The van der Waals surface area contributed by atoms with Crippen LogP contribution in [0.25, 0.3) is 0 Å². The van der Waals surface area contributed by atoms with Gasteiger partial charge in [0.1, 0.15) is 5.78 Å². The molecule has 0 aliphatic carbocycles. The number of carbonyl (C=O) groups is 1. The van der Waals surface area contributed by atoms with E-state index in [0.29, 0.717) is 5.78 Å². The highest BCUT2D eigenvalue weighted by Gasteiger charge is 2.18. The lowest BCUT2D eigenvalue weighted by Gasteiger charge is -2.21. The number of nitrogens with one attached hydrogen (secondary N) is 1. The molecule has 2 heteroatoms. The van der Waals surface area contributed by atoms with Crippen LogP contribution in [0.5, 0.6) is 0 Å². The van der Waals surface area contributed by atoms with E-state index in [1.165, 1.54) is 83.6 Å². The van der Waals surface area contributed by atoms with E-state index in [-0.39, 0.29) is 5.41 Å². The van der Waals surface area contributed by atoms with Crippen LogP contribution >= 0.6 is 0 Å². The van der Waals surface area contributed by atoms with E-state index in [9.17, 15) is 4.79 Å². The first-order valence-electron chi connectivity index (χ1n) is 11.7. The average molecular weight is 368 g/mol. The van der Waals surface area contributed by atoms with Crippen molar-refractivity contribution in [3.8, 4) is 0 Å². The molecule has 0 spiro atoms. The van der Waals surface area contributed by atoms with Gasteiger partial charge < -0.3 is 5.32 Å². The van der Waals surface area contributed by atoms with Crippen LogP contribution in [-0.4, -0.2) is 18.9 Å². The van der Waals surface area contributed by atoms with Crippen LogP contribution in [-0.2, 0) is 4.79 Å². The summed E-state index contributed by atoms with van der Waals surface area (Å²) in [5, 5.41) is 3.56. The van der Waals surface area contributed by atoms with Gasteiger partial charge in [0.2, 0.25) is 0 Å². The molecule has 0 bridgehead atoms. The number of unbranched alkanes of at least 4 members (excludes halogenated alkanes) is 11. The maximum absolute atomic E-state index is 11.9. The number of rotatable bonds is 20. The smallest absolute Gasteiger partial charge is 0.133 e. The zero-order chi connectivity index (χ0) is 19.5. The molecule has 156 valence electrons. The Morgan fingerprint density at radius 1 is 0.692 bits per heavy atom. The molecule has 0 saturated heterocycles. The predicted octanol–water partition coefficient (Wildman–Crippen LogP) is 7.45. The number of hydrogen-bond acceptors (Lipinski definition) is 2. The van der Waals surface area contributed by atoms with Crippen molar-refractivity contribution in [2.45, 2.75) is 130 Å². The zero-order valence-corrected chi connectivity index (χ0v) is 18.6. The molecule has 0 aromatic rings. The van der Waals surface area contributed by atoms with Crippen LogP contribution in [0.4, 0.5) is 0 Å². The summed E-state index contributed by atoms with van der Waals surface area (Å²) in [5.74, 6) is 0.454. The van der Waals surface area contributed by atoms with Crippen molar-refractivity contribution in [2.24, 2.45) is 5.41 Å². The third kappa shape index (κ3) is 18.4. The fourth-order valence-corrected chi connectivity index (χ4v) is 3.36. The summed E-state index contributed by atoms with van der Waals surface area (Å²) in [7, 11) is 0. The molecular weight excluding hydrogens is 318 g/mol. The van der Waals surface area contributed by atoms with Crippen LogP contribution < -0.4 is 5.32 Å². The van der Waals surface area contributed by atoms with Gasteiger partial charge in [-0.15, -0.1) is 0 Å². The second-order valence-electron chi connectivity index (χ2n) is 8.98. The van der Waals surface area contributed by atoms with Crippen molar-refractivity contribution >= 4 is 5.78 Å². The predicted molar refractivity (Wildman–Crippen MR) is 117 cm³/mol. The number of carbonyl (C=O) groups excluding carboxylic acids is 1. The lowest BCUT2D eigenvalue weighted by molar-refractivity contribution is -0.121. The fourth-order valence-electron chi connectivity index (χ4n) is 3.36. The Labute approximate surface area is 165 Å². The van der Waals surface area contributed by atoms with Crippen LogP contribution in [0.3, 0.4) is 0 Å². The third-order valence-corrected chi connectivity index (χ3v) is 5.65. The molecule has 0 fully saturated rings. The van der Waals surface area contributed by atoms with Gasteiger partial charge >= 0.3 is 0 Å². The third-order valence-electron chi connectivity index (χ3n) is 5.65. The normalized spacial score (nSPS) is 11.8. The Hall–Kier alpha value is -0.370. The van der Waals surface area contributed by atoms with E-state index in [2.05, 4.69) is 33.0 Å². The summed E-state index contributed by atoms with van der Waals surface area (Å²) >= 11 is 0. The van der Waals surface area contributed by atoms with Crippen molar-refractivity contribution < 1.29 is 4.79 Å². The summed E-state index contributed by atoms with van der Waals surface area (Å²) in [4.78, 5) is 11.9. The van der Waals surface area contributed by atoms with Crippen molar-refractivity contribution in [1.82, 2.24) is 5.32 Å². The topological polar surface area (TPSA) is 29.1 Å². The molecule has 0 aromatic carbocycles. The maximum Gasteiger partial charge on any atom is 0.133 e. The van der Waals surface area contributed by atoms with E-state index < -0.39 is 0 Å². The molecule has 0 saturated carbocycles. The Balaban J connectivity index is 3.19. The summed E-state index contributed by atoms with van der Waals surface area (Å²) in [6.07, 6.45) is 20.1. The second kappa shape index (κ2) is 18.0. The van der Waals surface area contributed by atoms with E-state index in [1.807, 2.05) is 0 Å². The molecule has 0 atom stereocenters. The van der Waals surface area contributed by atoms with Gasteiger partial charge in [-0.1, -0.05) is 98.3 Å². The lowest BCUT2D eigenvalue weighted by atomic mass is 9.84. The summed E-state index contributed by atoms with van der Waals surface area (Å²) in [6, 6.07) is 0. The highest BCUT2D eigenvalue weighted by Crippen LogP contribution is 2.25.